The Balaban J connectivity index is 1.79. The Morgan fingerprint density at radius 3 is 2.73 bits per heavy atom. The molecule has 142 valence electrons. The molecule has 2 saturated heterocycles. The number of amides is 2. The van der Waals surface area contributed by atoms with Crippen LogP contribution in [0.3, 0.4) is 0 Å². The van der Waals surface area contributed by atoms with Gasteiger partial charge in [-0.2, -0.15) is 0 Å². The van der Waals surface area contributed by atoms with Crippen molar-refractivity contribution in [1.29, 1.82) is 0 Å². The van der Waals surface area contributed by atoms with Crippen LogP contribution in [0, 0.1) is 5.82 Å². The van der Waals surface area contributed by atoms with Gasteiger partial charge in [0, 0.05) is 20.0 Å². The quantitative estimate of drug-likeness (QED) is 0.747. The average molecular weight is 367 g/mol. The second-order valence-corrected chi connectivity index (χ2v) is 6.32. The minimum atomic E-state index is -0.562. The fraction of sp³-hybridized carbons (Fsp3) is 0.529. The zero-order chi connectivity index (χ0) is 18.7. The van der Waals surface area contributed by atoms with Crippen LogP contribution in [0.5, 0.6) is 0 Å². The van der Waals surface area contributed by atoms with E-state index < -0.39 is 18.0 Å². The van der Waals surface area contributed by atoms with Crippen LogP contribution in [0.2, 0.25) is 0 Å². The van der Waals surface area contributed by atoms with Gasteiger partial charge in [0.15, 0.2) is 0 Å². The van der Waals surface area contributed by atoms with E-state index in [2.05, 4.69) is 11.1 Å². The van der Waals surface area contributed by atoms with E-state index in [1.165, 1.54) is 17.9 Å². The van der Waals surface area contributed by atoms with Gasteiger partial charge in [0.1, 0.15) is 18.0 Å². The number of hydrogen-bond acceptors (Lipinski definition) is 5. The van der Waals surface area contributed by atoms with Gasteiger partial charge in [-0.05, 0) is 18.2 Å². The summed E-state index contributed by atoms with van der Waals surface area (Å²) in [4.78, 5) is 26.8. The fourth-order valence-electron chi connectivity index (χ4n) is 3.31. The Morgan fingerprint density at radius 1 is 1.38 bits per heavy atom. The van der Waals surface area contributed by atoms with Gasteiger partial charge >= 0.3 is 6.09 Å². The molecule has 0 aliphatic carbocycles. The topological polar surface area (TPSA) is 98.8 Å². The molecule has 0 bridgehead atoms. The number of nitrogens with zero attached hydrogens (tertiary/aromatic N) is 2. The number of anilines is 2. The summed E-state index contributed by atoms with van der Waals surface area (Å²) in [6, 6.07) is 4.35. The summed E-state index contributed by atoms with van der Waals surface area (Å²) in [5.41, 5.74) is 4.78. The number of ether oxygens (including phenoxy) is 2. The summed E-state index contributed by atoms with van der Waals surface area (Å²) in [5, 5.41) is 2.64. The Morgan fingerprint density at radius 2 is 2.12 bits per heavy atom. The third kappa shape index (κ3) is 3.73. The molecule has 0 spiro atoms. The van der Waals surface area contributed by atoms with Crippen molar-refractivity contribution in [3.63, 3.8) is 0 Å². The number of cyclic esters (lactones) is 1. The molecular formula is C17H24FN4O4+. The third-order valence-corrected chi connectivity index (χ3v) is 4.62. The van der Waals surface area contributed by atoms with E-state index in [9.17, 15) is 14.0 Å². The number of hydrogen-bond donors (Lipinski definition) is 2. The molecule has 2 aliphatic heterocycles. The summed E-state index contributed by atoms with van der Waals surface area (Å²) < 4.78 is 25.3. The molecule has 8 nitrogen and oxygen atoms in total. The van der Waals surface area contributed by atoms with E-state index in [1.54, 1.807) is 12.1 Å². The standard InChI is InChI=1S/C17H23FN4O4/c1-11(23)20-10-16-15(9-19)22(17(24)26-16)12-2-3-14(13(18)8-12)21-4-6-25-7-5-21/h2-3,8,15-16H,4-7,9-10,19H2,1H3,(H,20,23)/p+1/t15-,16-/m0/s1. The average Bonchev–Trinajstić information content (AvgIpc) is 2.96. The first-order valence-electron chi connectivity index (χ1n) is 8.67. The fourth-order valence-corrected chi connectivity index (χ4v) is 3.31. The zero-order valence-corrected chi connectivity index (χ0v) is 14.7. The maximum Gasteiger partial charge on any atom is 0.415 e. The summed E-state index contributed by atoms with van der Waals surface area (Å²) in [6.45, 7) is 4.36. The van der Waals surface area contributed by atoms with Gasteiger partial charge in [0.2, 0.25) is 5.91 Å². The molecule has 2 heterocycles. The van der Waals surface area contributed by atoms with Crippen LogP contribution in [0.25, 0.3) is 0 Å². The molecule has 1 aromatic rings. The summed E-state index contributed by atoms with van der Waals surface area (Å²) >= 11 is 0. The predicted octanol–water partition coefficient (Wildman–Crippen LogP) is -0.266. The van der Waals surface area contributed by atoms with E-state index in [0.717, 1.165) is 0 Å². The molecule has 0 saturated carbocycles. The molecule has 2 fully saturated rings. The van der Waals surface area contributed by atoms with Gasteiger partial charge in [-0.15, -0.1) is 0 Å². The summed E-state index contributed by atoms with van der Waals surface area (Å²) in [6.07, 6.45) is -1.08. The number of morpholine rings is 1. The van der Waals surface area contributed by atoms with Crippen molar-refractivity contribution in [1.82, 2.24) is 5.32 Å². The number of quaternary nitrogens is 1. The molecule has 3 rings (SSSR count). The highest BCUT2D eigenvalue weighted by Crippen LogP contribution is 2.30. The van der Waals surface area contributed by atoms with Crippen LogP contribution >= 0.6 is 0 Å². The number of halogens is 1. The normalized spacial score (nSPS) is 23.1. The number of nitrogens with one attached hydrogen (secondary N) is 1. The van der Waals surface area contributed by atoms with E-state index >= 15 is 0 Å². The maximum absolute atomic E-state index is 14.7. The molecule has 2 amide bonds. The minimum Gasteiger partial charge on any atom is -0.441 e. The van der Waals surface area contributed by atoms with Gasteiger partial charge in [0.05, 0.1) is 37.7 Å². The highest BCUT2D eigenvalue weighted by molar-refractivity contribution is 5.91. The van der Waals surface area contributed by atoms with Crippen LogP contribution in [-0.2, 0) is 14.3 Å². The Labute approximate surface area is 151 Å². The van der Waals surface area contributed by atoms with Crippen molar-refractivity contribution < 1.29 is 29.2 Å². The summed E-state index contributed by atoms with van der Waals surface area (Å²) in [7, 11) is 0. The molecule has 0 radical (unpaired) electrons. The summed E-state index contributed by atoms with van der Waals surface area (Å²) in [5.74, 6) is -0.603. The van der Waals surface area contributed by atoms with Crippen molar-refractivity contribution in [3.8, 4) is 0 Å². The minimum absolute atomic E-state index is 0.200. The van der Waals surface area contributed by atoms with Gasteiger partial charge in [0.25, 0.3) is 0 Å². The first-order chi connectivity index (χ1) is 12.5. The lowest BCUT2D eigenvalue weighted by atomic mass is 10.1. The highest BCUT2D eigenvalue weighted by Gasteiger charge is 2.43. The van der Waals surface area contributed by atoms with Crippen LogP contribution < -0.4 is 20.9 Å². The largest absolute Gasteiger partial charge is 0.441 e. The molecule has 0 unspecified atom stereocenters. The Hall–Kier alpha value is -2.39. The third-order valence-electron chi connectivity index (χ3n) is 4.62. The van der Waals surface area contributed by atoms with E-state index in [4.69, 9.17) is 9.47 Å². The SMILES string of the molecule is CC(=O)NC[C@@H]1OC(=O)N(c2ccc(N3CCOCC3)c(F)c2)[C@H]1C[NH3+]. The molecule has 26 heavy (non-hydrogen) atoms. The molecule has 0 aromatic heterocycles. The van der Waals surface area contributed by atoms with Crippen LogP contribution in [-0.4, -0.2) is 63.5 Å². The molecule has 1 aromatic carbocycles. The van der Waals surface area contributed by atoms with Crippen molar-refractivity contribution in [2.75, 3.05) is 49.2 Å². The molecule has 9 heteroatoms. The predicted molar refractivity (Wildman–Crippen MR) is 92.4 cm³/mol. The molecule has 2 aliphatic rings. The first kappa shape index (κ1) is 18.4. The lowest BCUT2D eigenvalue weighted by molar-refractivity contribution is -0.372. The number of carbonyl (C=O) groups is 2. The lowest BCUT2D eigenvalue weighted by Gasteiger charge is -2.30. The van der Waals surface area contributed by atoms with Gasteiger partial charge < -0.3 is 25.4 Å². The Bertz CT molecular complexity index is 681. The first-order valence-corrected chi connectivity index (χ1v) is 8.67. The van der Waals surface area contributed by atoms with Crippen molar-refractivity contribution in [3.05, 3.63) is 24.0 Å². The second-order valence-electron chi connectivity index (χ2n) is 6.32. The van der Waals surface area contributed by atoms with Crippen molar-refractivity contribution >= 4 is 23.4 Å². The Kier molecular flexibility index (Phi) is 5.58. The van der Waals surface area contributed by atoms with Crippen LogP contribution in [0.1, 0.15) is 6.92 Å². The maximum atomic E-state index is 14.7. The number of rotatable bonds is 5. The van der Waals surface area contributed by atoms with Gasteiger partial charge in [-0.25, -0.2) is 9.18 Å². The van der Waals surface area contributed by atoms with Crippen molar-refractivity contribution in [2.45, 2.75) is 19.1 Å². The van der Waals surface area contributed by atoms with Crippen LogP contribution in [0.4, 0.5) is 20.6 Å². The van der Waals surface area contributed by atoms with Gasteiger partial charge in [-0.3, -0.25) is 9.69 Å². The zero-order valence-electron chi connectivity index (χ0n) is 14.7. The van der Waals surface area contributed by atoms with Crippen LogP contribution in [0.15, 0.2) is 18.2 Å². The molecular weight excluding hydrogens is 343 g/mol. The van der Waals surface area contributed by atoms with E-state index in [1.807, 2.05) is 4.90 Å². The van der Waals surface area contributed by atoms with E-state index in [-0.39, 0.29) is 18.5 Å². The second kappa shape index (κ2) is 7.88. The number of carbonyl (C=O) groups excluding carboxylic acids is 2. The molecule has 4 N–H and O–H groups in total. The molecule has 2 atom stereocenters. The lowest BCUT2D eigenvalue weighted by Crippen LogP contribution is -2.62. The number of benzene rings is 1. The highest BCUT2D eigenvalue weighted by atomic mass is 19.1. The van der Waals surface area contributed by atoms with E-state index in [0.29, 0.717) is 44.2 Å². The van der Waals surface area contributed by atoms with Crippen molar-refractivity contribution in [2.24, 2.45) is 0 Å². The monoisotopic (exact) mass is 367 g/mol. The van der Waals surface area contributed by atoms with Gasteiger partial charge in [-0.1, -0.05) is 0 Å². The smallest absolute Gasteiger partial charge is 0.415 e.